The van der Waals surface area contributed by atoms with E-state index in [1.807, 2.05) is 30.1 Å². The van der Waals surface area contributed by atoms with Crippen LogP contribution in [0.15, 0.2) is 12.3 Å². The summed E-state index contributed by atoms with van der Waals surface area (Å²) in [6, 6.07) is 2.28. The molecule has 2 heterocycles. The number of carbonyl (C=O) groups excluding carboxylic acids is 1. The van der Waals surface area contributed by atoms with Gasteiger partial charge in [0.15, 0.2) is 5.82 Å². The van der Waals surface area contributed by atoms with E-state index in [2.05, 4.69) is 15.7 Å². The number of anilines is 1. The van der Waals surface area contributed by atoms with Gasteiger partial charge in [-0.1, -0.05) is 6.92 Å². The monoisotopic (exact) mass is 268 g/mol. The highest BCUT2D eigenvalue weighted by Crippen LogP contribution is 2.16. The lowest BCUT2D eigenvalue weighted by atomic mass is 10.2. The molecule has 2 N–H and O–H groups in total. The summed E-state index contributed by atoms with van der Waals surface area (Å²) in [5, 5.41) is 10.6. The lowest BCUT2D eigenvalue weighted by Crippen LogP contribution is -2.22. The van der Waals surface area contributed by atoms with Crippen LogP contribution in [-0.4, -0.2) is 40.8 Å². The first-order valence-electron chi connectivity index (χ1n) is 6.26. The van der Waals surface area contributed by atoms with Gasteiger partial charge in [0.2, 0.25) is 5.91 Å². The van der Waals surface area contributed by atoms with Gasteiger partial charge < -0.3 is 10.6 Å². The largest absolute Gasteiger partial charge is 0.315 e. The average molecular weight is 268 g/mol. The van der Waals surface area contributed by atoms with Crippen molar-refractivity contribution in [1.29, 1.82) is 0 Å². The van der Waals surface area contributed by atoms with Gasteiger partial charge in [0.25, 0.3) is 0 Å². The molecule has 6 heteroatoms. The van der Waals surface area contributed by atoms with Gasteiger partial charge in [0, 0.05) is 30.5 Å². The quantitative estimate of drug-likeness (QED) is 0.846. The molecule has 0 saturated carbocycles. The number of aromatic nitrogens is 2. The summed E-state index contributed by atoms with van der Waals surface area (Å²) >= 11 is 1.68. The van der Waals surface area contributed by atoms with Crippen molar-refractivity contribution in [3.05, 3.63) is 12.3 Å². The number of amides is 1. The van der Waals surface area contributed by atoms with Gasteiger partial charge >= 0.3 is 0 Å². The Kier molecular flexibility index (Phi) is 4.66. The summed E-state index contributed by atoms with van der Waals surface area (Å²) in [7, 11) is 0. The smallest absolute Gasteiger partial charge is 0.229 e. The van der Waals surface area contributed by atoms with E-state index in [9.17, 15) is 4.79 Å². The van der Waals surface area contributed by atoms with Crippen LogP contribution in [-0.2, 0) is 4.79 Å². The van der Waals surface area contributed by atoms with E-state index < -0.39 is 0 Å². The Bertz CT molecular complexity index is 401. The Hall–Kier alpha value is -1.01. The van der Waals surface area contributed by atoms with Gasteiger partial charge in [-0.05, 0) is 19.2 Å². The lowest BCUT2D eigenvalue weighted by molar-refractivity contribution is -0.118. The molecule has 18 heavy (non-hydrogen) atoms. The van der Waals surface area contributed by atoms with Crippen molar-refractivity contribution in [2.24, 2.45) is 5.92 Å². The molecule has 5 nitrogen and oxygen atoms in total. The summed E-state index contributed by atoms with van der Waals surface area (Å²) in [6.07, 6.45) is 5.04. The highest BCUT2D eigenvalue weighted by Gasteiger charge is 2.18. The number of thioether (sulfide) groups is 1. The maximum atomic E-state index is 11.8. The van der Waals surface area contributed by atoms with Crippen LogP contribution in [0.1, 0.15) is 19.4 Å². The molecule has 0 aliphatic carbocycles. The average Bonchev–Trinajstić information content (AvgIpc) is 2.98. The van der Waals surface area contributed by atoms with Crippen LogP contribution in [0.25, 0.3) is 0 Å². The second-order valence-electron chi connectivity index (χ2n) is 4.67. The molecule has 1 saturated heterocycles. The molecule has 0 aromatic carbocycles. The van der Waals surface area contributed by atoms with E-state index in [1.54, 1.807) is 11.8 Å². The van der Waals surface area contributed by atoms with Crippen molar-refractivity contribution in [1.82, 2.24) is 15.1 Å². The van der Waals surface area contributed by atoms with Crippen molar-refractivity contribution in [3.63, 3.8) is 0 Å². The molecule has 2 rings (SSSR count). The molecular weight excluding hydrogens is 248 g/mol. The first-order valence-corrected chi connectivity index (χ1v) is 7.65. The van der Waals surface area contributed by atoms with Crippen LogP contribution < -0.4 is 10.6 Å². The standard InChI is InChI=1S/C12H20N4OS/c1-9(8-18-2)12(17)14-11-4-6-16(15-11)10-3-5-13-7-10/h4,6,9-10,13H,3,5,7-8H2,1-2H3,(H,14,15,17)/t9-,10+/m1/s1. The number of hydrogen-bond acceptors (Lipinski definition) is 4. The molecule has 1 aromatic rings. The minimum Gasteiger partial charge on any atom is -0.315 e. The van der Waals surface area contributed by atoms with Crippen LogP contribution in [0.3, 0.4) is 0 Å². The van der Waals surface area contributed by atoms with E-state index in [0.29, 0.717) is 11.9 Å². The molecule has 1 aliphatic rings. The topological polar surface area (TPSA) is 59.0 Å². The third-order valence-electron chi connectivity index (χ3n) is 3.13. The number of hydrogen-bond donors (Lipinski definition) is 2. The number of carbonyl (C=O) groups is 1. The predicted octanol–water partition coefficient (Wildman–Crippen LogP) is 1.36. The second kappa shape index (κ2) is 6.24. The van der Waals surface area contributed by atoms with E-state index in [-0.39, 0.29) is 11.8 Å². The normalized spacial score (nSPS) is 20.9. The van der Waals surface area contributed by atoms with Crippen LogP contribution in [0, 0.1) is 5.92 Å². The molecule has 1 fully saturated rings. The SMILES string of the molecule is CSC[C@@H](C)C(=O)Nc1ccn([C@H]2CCNC2)n1. The Morgan fingerprint density at radius 3 is 3.28 bits per heavy atom. The molecule has 1 amide bonds. The maximum Gasteiger partial charge on any atom is 0.229 e. The van der Waals surface area contributed by atoms with Crippen LogP contribution in [0.2, 0.25) is 0 Å². The van der Waals surface area contributed by atoms with Gasteiger partial charge in [-0.15, -0.1) is 0 Å². The van der Waals surface area contributed by atoms with Crippen LogP contribution in [0.5, 0.6) is 0 Å². The Morgan fingerprint density at radius 2 is 2.61 bits per heavy atom. The third-order valence-corrected chi connectivity index (χ3v) is 3.97. The van der Waals surface area contributed by atoms with E-state index in [1.165, 1.54) is 0 Å². The third kappa shape index (κ3) is 3.26. The molecule has 0 bridgehead atoms. The van der Waals surface area contributed by atoms with E-state index in [0.717, 1.165) is 25.3 Å². The Balaban J connectivity index is 1.91. The summed E-state index contributed by atoms with van der Waals surface area (Å²) in [4.78, 5) is 11.8. The lowest BCUT2D eigenvalue weighted by Gasteiger charge is -2.10. The summed E-state index contributed by atoms with van der Waals surface area (Å²) in [6.45, 7) is 3.93. The van der Waals surface area contributed by atoms with Gasteiger partial charge in [0.05, 0.1) is 6.04 Å². The van der Waals surface area contributed by atoms with Gasteiger partial charge in [-0.3, -0.25) is 9.48 Å². The highest BCUT2D eigenvalue weighted by atomic mass is 32.2. The summed E-state index contributed by atoms with van der Waals surface area (Å²) < 4.78 is 1.94. The Morgan fingerprint density at radius 1 is 1.78 bits per heavy atom. The van der Waals surface area contributed by atoms with Crippen LogP contribution in [0.4, 0.5) is 5.82 Å². The van der Waals surface area contributed by atoms with Crippen molar-refractivity contribution >= 4 is 23.5 Å². The molecule has 1 aliphatic heterocycles. The van der Waals surface area contributed by atoms with Gasteiger partial charge in [-0.2, -0.15) is 16.9 Å². The zero-order valence-corrected chi connectivity index (χ0v) is 11.7. The minimum atomic E-state index is 0.0123. The molecule has 0 radical (unpaired) electrons. The first kappa shape index (κ1) is 13.4. The zero-order valence-electron chi connectivity index (χ0n) is 10.8. The van der Waals surface area contributed by atoms with E-state index >= 15 is 0 Å². The fourth-order valence-electron chi connectivity index (χ4n) is 2.05. The van der Waals surface area contributed by atoms with Crippen LogP contribution >= 0.6 is 11.8 Å². The molecular formula is C12H20N4OS. The Labute approximate surface area is 112 Å². The molecule has 2 atom stereocenters. The van der Waals surface area contributed by atoms with Crippen molar-refractivity contribution < 1.29 is 4.79 Å². The molecule has 0 unspecified atom stereocenters. The second-order valence-corrected chi connectivity index (χ2v) is 5.58. The fourth-order valence-corrected chi connectivity index (χ4v) is 2.70. The zero-order chi connectivity index (χ0) is 13.0. The number of nitrogens with zero attached hydrogens (tertiary/aromatic N) is 2. The highest BCUT2D eigenvalue weighted by molar-refractivity contribution is 7.98. The van der Waals surface area contributed by atoms with Crippen molar-refractivity contribution in [3.8, 4) is 0 Å². The van der Waals surface area contributed by atoms with Crippen molar-refractivity contribution in [2.75, 3.05) is 30.4 Å². The van der Waals surface area contributed by atoms with Gasteiger partial charge in [0.1, 0.15) is 0 Å². The summed E-state index contributed by atoms with van der Waals surface area (Å²) in [5.41, 5.74) is 0. The minimum absolute atomic E-state index is 0.0123. The van der Waals surface area contributed by atoms with Gasteiger partial charge in [-0.25, -0.2) is 0 Å². The number of nitrogens with one attached hydrogen (secondary N) is 2. The number of rotatable bonds is 5. The predicted molar refractivity (Wildman–Crippen MR) is 74.9 cm³/mol. The molecule has 0 spiro atoms. The molecule has 100 valence electrons. The fraction of sp³-hybridized carbons (Fsp3) is 0.667. The maximum absolute atomic E-state index is 11.8. The van der Waals surface area contributed by atoms with Crippen molar-refractivity contribution in [2.45, 2.75) is 19.4 Å². The summed E-state index contributed by atoms with van der Waals surface area (Å²) in [5.74, 6) is 1.54. The van der Waals surface area contributed by atoms with E-state index in [4.69, 9.17) is 0 Å². The molecule has 1 aromatic heterocycles. The first-order chi connectivity index (χ1) is 8.70.